The predicted molar refractivity (Wildman–Crippen MR) is 103 cm³/mol. The predicted octanol–water partition coefficient (Wildman–Crippen LogP) is 3.76. The van der Waals surface area contributed by atoms with Crippen LogP contribution in [0, 0.1) is 11.8 Å². The second-order valence-corrected chi connectivity index (χ2v) is 5.98. The van der Waals surface area contributed by atoms with Crippen molar-refractivity contribution in [2.24, 2.45) is 0 Å². The van der Waals surface area contributed by atoms with Crippen molar-refractivity contribution in [3.05, 3.63) is 71.3 Å². The van der Waals surface area contributed by atoms with Crippen LogP contribution >= 0.6 is 0 Å². The van der Waals surface area contributed by atoms with E-state index in [1.54, 1.807) is 0 Å². The van der Waals surface area contributed by atoms with Crippen LogP contribution in [0.25, 0.3) is 0 Å². The average Bonchev–Trinajstić information content (AvgIpc) is 2.68. The number of carboxylic acid groups (broad SMARTS) is 1. The van der Waals surface area contributed by atoms with Crippen molar-refractivity contribution in [2.75, 3.05) is 6.54 Å². The van der Waals surface area contributed by atoms with Crippen LogP contribution in [0.5, 0.6) is 0 Å². The Morgan fingerprint density at radius 3 is 2.44 bits per heavy atom. The number of alkyl carbamates (subject to hydrolysis) is 1. The van der Waals surface area contributed by atoms with Gasteiger partial charge in [0.1, 0.15) is 6.61 Å². The summed E-state index contributed by atoms with van der Waals surface area (Å²) in [5.41, 5.74) is 2.94. The number of carboxylic acids is 1. The number of aliphatic carboxylic acids is 1. The molecule has 2 N–H and O–H groups in total. The zero-order valence-electron chi connectivity index (χ0n) is 15.1. The number of aryl methyl sites for hydroxylation is 1. The molecule has 2 rings (SSSR count). The smallest absolute Gasteiger partial charge is 0.407 e. The van der Waals surface area contributed by atoms with Crippen LogP contribution in [0.15, 0.2) is 54.6 Å². The summed E-state index contributed by atoms with van der Waals surface area (Å²) in [5, 5.41) is 11.3. The van der Waals surface area contributed by atoms with E-state index in [0.717, 1.165) is 23.1 Å². The Labute approximate surface area is 159 Å². The van der Waals surface area contributed by atoms with Crippen molar-refractivity contribution in [3.63, 3.8) is 0 Å². The van der Waals surface area contributed by atoms with Gasteiger partial charge < -0.3 is 15.2 Å². The first kappa shape index (κ1) is 20.1. The fourth-order valence-electron chi connectivity index (χ4n) is 2.36. The third-order valence-electron chi connectivity index (χ3n) is 3.77. The van der Waals surface area contributed by atoms with Crippen LogP contribution in [0.4, 0.5) is 4.79 Å². The number of hydrogen-bond donors (Lipinski definition) is 2. The number of ether oxygens (including phenoxy) is 1. The lowest BCUT2D eigenvalue weighted by Crippen LogP contribution is -2.24. The van der Waals surface area contributed by atoms with Crippen LogP contribution in [-0.4, -0.2) is 23.7 Å². The first-order chi connectivity index (χ1) is 13.1. The Bertz CT molecular complexity index is 789. The van der Waals surface area contributed by atoms with Crippen molar-refractivity contribution in [1.29, 1.82) is 0 Å². The molecule has 5 nitrogen and oxygen atoms in total. The van der Waals surface area contributed by atoms with Crippen LogP contribution < -0.4 is 5.32 Å². The van der Waals surface area contributed by atoms with E-state index in [-0.39, 0.29) is 13.0 Å². The molecule has 5 heteroatoms. The maximum atomic E-state index is 11.6. The monoisotopic (exact) mass is 365 g/mol. The minimum absolute atomic E-state index is 0.183. The fraction of sp³-hybridized carbons (Fsp3) is 0.273. The summed E-state index contributed by atoms with van der Waals surface area (Å²) >= 11 is 0. The van der Waals surface area contributed by atoms with E-state index in [2.05, 4.69) is 17.2 Å². The van der Waals surface area contributed by atoms with Crippen LogP contribution in [0.3, 0.4) is 0 Å². The summed E-state index contributed by atoms with van der Waals surface area (Å²) in [7, 11) is 0. The molecular weight excluding hydrogens is 342 g/mol. The summed E-state index contributed by atoms with van der Waals surface area (Å²) in [6.45, 7) is 0.672. The molecule has 0 atom stereocenters. The summed E-state index contributed by atoms with van der Waals surface area (Å²) < 4.78 is 5.12. The molecule has 0 aliphatic rings. The van der Waals surface area contributed by atoms with E-state index in [1.807, 2.05) is 54.6 Å². The molecule has 0 spiro atoms. The first-order valence-electron chi connectivity index (χ1n) is 8.87. The lowest BCUT2D eigenvalue weighted by atomic mass is 10.1. The zero-order valence-corrected chi connectivity index (χ0v) is 15.1. The molecule has 0 unspecified atom stereocenters. The number of hydrogen-bond acceptors (Lipinski definition) is 3. The third-order valence-corrected chi connectivity index (χ3v) is 3.77. The highest BCUT2D eigenvalue weighted by molar-refractivity contribution is 5.67. The molecule has 0 radical (unpaired) electrons. The molecule has 0 aromatic heterocycles. The number of nitrogens with one attached hydrogen (secondary N) is 1. The topological polar surface area (TPSA) is 75.6 Å². The molecule has 0 heterocycles. The minimum atomic E-state index is -0.768. The molecule has 0 aliphatic heterocycles. The lowest BCUT2D eigenvalue weighted by Gasteiger charge is -2.05. The van der Waals surface area contributed by atoms with E-state index in [9.17, 15) is 9.59 Å². The number of amides is 1. The highest BCUT2D eigenvalue weighted by Gasteiger charge is 2.01. The molecule has 140 valence electrons. The van der Waals surface area contributed by atoms with Gasteiger partial charge in [0.05, 0.1) is 0 Å². The molecule has 0 fully saturated rings. The Kier molecular flexibility index (Phi) is 8.45. The summed E-state index contributed by atoms with van der Waals surface area (Å²) in [4.78, 5) is 22.1. The fourth-order valence-corrected chi connectivity index (χ4v) is 2.36. The SMILES string of the molecule is O=C(O)CCCc1ccc(C#CCCNC(=O)OCc2ccccc2)cc1. The van der Waals surface area contributed by atoms with Gasteiger partial charge >= 0.3 is 12.1 Å². The second kappa shape index (κ2) is 11.4. The van der Waals surface area contributed by atoms with Gasteiger partial charge in [-0.2, -0.15) is 0 Å². The van der Waals surface area contributed by atoms with Crippen molar-refractivity contribution < 1.29 is 19.4 Å². The number of rotatable bonds is 8. The quantitative estimate of drug-likeness (QED) is 0.552. The average molecular weight is 365 g/mol. The Hall–Kier alpha value is -3.26. The Balaban J connectivity index is 1.63. The normalized spacial score (nSPS) is 9.78. The highest BCUT2D eigenvalue weighted by Crippen LogP contribution is 2.07. The summed E-state index contributed by atoms with van der Waals surface area (Å²) in [5.74, 6) is 5.28. The minimum Gasteiger partial charge on any atom is -0.481 e. The zero-order chi connectivity index (χ0) is 19.3. The first-order valence-corrected chi connectivity index (χ1v) is 8.87. The summed E-state index contributed by atoms with van der Waals surface area (Å²) in [6.07, 6.45) is 1.64. The highest BCUT2D eigenvalue weighted by atomic mass is 16.5. The van der Waals surface area contributed by atoms with Crippen LogP contribution in [0.2, 0.25) is 0 Å². The molecule has 2 aromatic rings. The van der Waals surface area contributed by atoms with E-state index in [4.69, 9.17) is 9.84 Å². The largest absolute Gasteiger partial charge is 0.481 e. The van der Waals surface area contributed by atoms with Crippen molar-refractivity contribution in [2.45, 2.75) is 32.3 Å². The van der Waals surface area contributed by atoms with Crippen molar-refractivity contribution >= 4 is 12.1 Å². The van der Waals surface area contributed by atoms with Gasteiger partial charge in [-0.3, -0.25) is 4.79 Å². The van der Waals surface area contributed by atoms with Gasteiger partial charge in [0.2, 0.25) is 0 Å². The third kappa shape index (κ3) is 8.59. The molecule has 27 heavy (non-hydrogen) atoms. The number of benzene rings is 2. The van der Waals surface area contributed by atoms with E-state index in [1.165, 1.54) is 0 Å². The Morgan fingerprint density at radius 2 is 1.74 bits per heavy atom. The molecular formula is C22H23NO4. The number of carbonyl (C=O) groups excluding carboxylic acids is 1. The van der Waals surface area contributed by atoms with Crippen molar-refractivity contribution in [3.8, 4) is 11.8 Å². The number of carbonyl (C=O) groups is 2. The molecule has 1 amide bonds. The van der Waals surface area contributed by atoms with Gasteiger partial charge in [0.25, 0.3) is 0 Å². The van der Waals surface area contributed by atoms with Gasteiger partial charge in [-0.25, -0.2) is 4.79 Å². The molecule has 0 aliphatic carbocycles. The summed E-state index contributed by atoms with van der Waals surface area (Å²) in [6, 6.07) is 17.3. The molecule has 0 saturated heterocycles. The molecule has 0 bridgehead atoms. The maximum absolute atomic E-state index is 11.6. The maximum Gasteiger partial charge on any atom is 0.407 e. The van der Waals surface area contributed by atoms with Gasteiger partial charge in [-0.05, 0) is 36.1 Å². The standard InChI is InChI=1S/C22H23NO4/c24-21(25)11-6-10-19-14-12-18(13-15-19)7-4-5-16-23-22(26)27-17-20-8-2-1-3-9-20/h1-3,8-9,12-15H,5-6,10-11,16-17H2,(H,23,26)(H,24,25). The van der Waals surface area contributed by atoms with E-state index >= 15 is 0 Å². The van der Waals surface area contributed by atoms with Crippen LogP contribution in [-0.2, 0) is 22.6 Å². The van der Waals surface area contributed by atoms with E-state index < -0.39 is 12.1 Å². The van der Waals surface area contributed by atoms with E-state index in [0.29, 0.717) is 19.4 Å². The van der Waals surface area contributed by atoms with Crippen LogP contribution in [0.1, 0.15) is 36.0 Å². The van der Waals surface area contributed by atoms with Crippen molar-refractivity contribution in [1.82, 2.24) is 5.32 Å². The second-order valence-electron chi connectivity index (χ2n) is 5.98. The Morgan fingerprint density at radius 1 is 1.00 bits per heavy atom. The van der Waals surface area contributed by atoms with Gasteiger partial charge in [-0.15, -0.1) is 0 Å². The van der Waals surface area contributed by atoms with Gasteiger partial charge in [-0.1, -0.05) is 54.3 Å². The van der Waals surface area contributed by atoms with Gasteiger partial charge in [0, 0.05) is 24.9 Å². The molecule has 2 aromatic carbocycles. The molecule has 0 saturated carbocycles. The van der Waals surface area contributed by atoms with Gasteiger partial charge in [0.15, 0.2) is 0 Å². The lowest BCUT2D eigenvalue weighted by molar-refractivity contribution is -0.137.